The summed E-state index contributed by atoms with van der Waals surface area (Å²) in [7, 11) is 0. The van der Waals surface area contributed by atoms with Crippen molar-refractivity contribution in [1.29, 1.82) is 0 Å². The Labute approximate surface area is 220 Å². The van der Waals surface area contributed by atoms with E-state index in [1.54, 1.807) is 17.8 Å². The highest BCUT2D eigenvalue weighted by Gasteiger charge is 2.13. The van der Waals surface area contributed by atoms with Crippen molar-refractivity contribution >= 4 is 70.0 Å². The summed E-state index contributed by atoms with van der Waals surface area (Å²) in [5.74, 6) is 0. The molecule has 8 nitrogen and oxygen atoms in total. The molecule has 2 amide bonds. The third kappa shape index (κ3) is 11.4. The van der Waals surface area contributed by atoms with Crippen molar-refractivity contribution in [2.75, 3.05) is 23.8 Å². The van der Waals surface area contributed by atoms with Crippen LogP contribution in [0.3, 0.4) is 0 Å². The molecule has 0 aliphatic heterocycles. The Hall–Kier alpha value is -2.89. The lowest BCUT2D eigenvalue weighted by Gasteiger charge is -2.17. The molecule has 0 saturated heterocycles. The Balaban J connectivity index is 2.10. The number of rotatable bonds is 10. The Bertz CT molecular complexity index is 1010. The van der Waals surface area contributed by atoms with Gasteiger partial charge in [0.15, 0.2) is 10.2 Å². The summed E-state index contributed by atoms with van der Waals surface area (Å²) in [4.78, 5) is 25.8. The molecule has 0 aliphatic rings. The van der Waals surface area contributed by atoms with Gasteiger partial charge in [0.25, 0.3) is 0 Å². The third-order valence-electron chi connectivity index (χ3n) is 4.36. The summed E-state index contributed by atoms with van der Waals surface area (Å²) in [6.07, 6.45) is 2.11. The number of unbranched alkanes of at least 4 members (excludes halogenated alkanes) is 2. The fourth-order valence-electron chi connectivity index (χ4n) is 2.61. The van der Waals surface area contributed by atoms with Crippen molar-refractivity contribution in [2.24, 2.45) is 0 Å². The number of hydrogen-bond acceptors (Lipinski definition) is 7. The topological polar surface area (TPSA) is 101 Å². The number of nitrogens with one attached hydrogen (secondary N) is 4. The zero-order chi connectivity index (χ0) is 25.5. The SMILES string of the molecule is CCCCOC(=O)NC(=S)Nc1ccc(Sc2ccccc2)cc1NC(=S)NC(=O)OCCCC. The van der Waals surface area contributed by atoms with Crippen LogP contribution in [0.4, 0.5) is 21.0 Å². The molecule has 188 valence electrons. The second kappa shape index (κ2) is 15.9. The number of ether oxygens (including phenoxy) is 2. The molecule has 11 heteroatoms. The molecule has 2 aromatic carbocycles. The van der Waals surface area contributed by atoms with Gasteiger partial charge < -0.3 is 20.1 Å². The first kappa shape index (κ1) is 28.3. The number of thiocarbonyl (C=S) groups is 2. The average Bonchev–Trinajstić information content (AvgIpc) is 2.81. The van der Waals surface area contributed by atoms with Crippen LogP contribution in [0.5, 0.6) is 0 Å². The van der Waals surface area contributed by atoms with Gasteiger partial charge >= 0.3 is 12.2 Å². The first-order valence-electron chi connectivity index (χ1n) is 11.3. The highest BCUT2D eigenvalue weighted by Crippen LogP contribution is 2.33. The van der Waals surface area contributed by atoms with E-state index < -0.39 is 12.2 Å². The molecule has 2 rings (SSSR count). The third-order valence-corrected chi connectivity index (χ3v) is 5.77. The molecule has 0 heterocycles. The minimum absolute atomic E-state index is 0.0641. The van der Waals surface area contributed by atoms with Gasteiger partial charge in [-0.3, -0.25) is 10.6 Å². The first-order valence-corrected chi connectivity index (χ1v) is 12.9. The zero-order valence-electron chi connectivity index (χ0n) is 19.7. The number of carbonyl (C=O) groups excluding carboxylic acids is 2. The quantitative estimate of drug-likeness (QED) is 0.207. The summed E-state index contributed by atoms with van der Waals surface area (Å²) in [5.41, 5.74) is 1.10. The van der Waals surface area contributed by atoms with E-state index in [9.17, 15) is 9.59 Å². The van der Waals surface area contributed by atoms with Gasteiger partial charge in [-0.2, -0.15) is 0 Å². The summed E-state index contributed by atoms with van der Waals surface area (Å²) < 4.78 is 10.2. The fraction of sp³-hybridized carbons (Fsp3) is 0.333. The Morgan fingerprint density at radius 2 is 1.31 bits per heavy atom. The van der Waals surface area contributed by atoms with Crippen molar-refractivity contribution in [2.45, 2.75) is 49.3 Å². The minimum atomic E-state index is -0.632. The smallest absolute Gasteiger partial charge is 0.413 e. The van der Waals surface area contributed by atoms with Gasteiger partial charge in [-0.15, -0.1) is 0 Å². The Kier molecular flexibility index (Phi) is 12.9. The molecule has 0 fully saturated rings. The monoisotopic (exact) mass is 534 g/mol. The van der Waals surface area contributed by atoms with E-state index >= 15 is 0 Å². The fourth-order valence-corrected chi connectivity index (χ4v) is 3.87. The zero-order valence-corrected chi connectivity index (χ0v) is 22.2. The molecule has 0 unspecified atom stereocenters. The van der Waals surface area contributed by atoms with Gasteiger partial charge in [0, 0.05) is 9.79 Å². The maximum absolute atomic E-state index is 12.0. The summed E-state index contributed by atoms with van der Waals surface area (Å²) in [5, 5.41) is 11.1. The second-order valence-electron chi connectivity index (χ2n) is 7.26. The van der Waals surface area contributed by atoms with Crippen molar-refractivity contribution in [3.8, 4) is 0 Å². The summed E-state index contributed by atoms with van der Waals surface area (Å²) in [6, 6.07) is 15.5. The normalized spacial score (nSPS) is 10.1. The lowest BCUT2D eigenvalue weighted by molar-refractivity contribution is 0.149. The Morgan fingerprint density at radius 1 is 0.771 bits per heavy atom. The van der Waals surface area contributed by atoms with Gasteiger partial charge in [0.2, 0.25) is 0 Å². The predicted octanol–water partition coefficient (Wildman–Crippen LogP) is 6.28. The number of alkyl carbamates (subject to hydrolysis) is 2. The van der Waals surface area contributed by atoms with Crippen LogP contribution in [0.25, 0.3) is 0 Å². The highest BCUT2D eigenvalue weighted by molar-refractivity contribution is 7.99. The van der Waals surface area contributed by atoms with E-state index in [0.29, 0.717) is 24.6 Å². The van der Waals surface area contributed by atoms with Crippen LogP contribution in [0, 0.1) is 0 Å². The molecule has 0 atom stereocenters. The highest BCUT2D eigenvalue weighted by atomic mass is 32.2. The van der Waals surface area contributed by atoms with Crippen LogP contribution in [0.1, 0.15) is 39.5 Å². The van der Waals surface area contributed by atoms with Crippen molar-refractivity contribution in [3.05, 3.63) is 48.5 Å². The van der Waals surface area contributed by atoms with Crippen molar-refractivity contribution in [1.82, 2.24) is 10.6 Å². The average molecular weight is 535 g/mol. The summed E-state index contributed by atoms with van der Waals surface area (Å²) in [6.45, 7) is 4.64. The van der Waals surface area contributed by atoms with Gasteiger partial charge in [-0.05, 0) is 67.6 Å². The predicted molar refractivity (Wildman–Crippen MR) is 148 cm³/mol. The van der Waals surface area contributed by atoms with E-state index in [1.807, 2.05) is 56.3 Å². The first-order chi connectivity index (χ1) is 16.9. The molecule has 0 saturated carbocycles. The van der Waals surface area contributed by atoms with E-state index in [-0.39, 0.29) is 10.2 Å². The van der Waals surface area contributed by atoms with Gasteiger partial charge in [-0.1, -0.05) is 56.7 Å². The van der Waals surface area contributed by atoms with Crippen LogP contribution in [0.2, 0.25) is 0 Å². The van der Waals surface area contributed by atoms with Gasteiger partial charge in [0.1, 0.15) is 0 Å². The molecule has 0 spiro atoms. The van der Waals surface area contributed by atoms with Crippen LogP contribution in [-0.2, 0) is 9.47 Å². The van der Waals surface area contributed by atoms with Crippen LogP contribution in [-0.4, -0.2) is 35.6 Å². The molecule has 2 aromatic rings. The number of carbonyl (C=O) groups is 2. The summed E-state index contributed by atoms with van der Waals surface area (Å²) >= 11 is 12.1. The van der Waals surface area contributed by atoms with Crippen molar-refractivity contribution in [3.63, 3.8) is 0 Å². The molecule has 0 aliphatic carbocycles. The van der Waals surface area contributed by atoms with Gasteiger partial charge in [-0.25, -0.2) is 9.59 Å². The number of amides is 2. The minimum Gasteiger partial charge on any atom is -0.449 e. The lowest BCUT2D eigenvalue weighted by atomic mass is 10.2. The lowest BCUT2D eigenvalue weighted by Crippen LogP contribution is -2.36. The van der Waals surface area contributed by atoms with E-state index in [4.69, 9.17) is 33.9 Å². The number of hydrogen-bond donors (Lipinski definition) is 4. The van der Waals surface area contributed by atoms with Gasteiger partial charge in [0.05, 0.1) is 24.6 Å². The van der Waals surface area contributed by atoms with Crippen LogP contribution >= 0.6 is 36.2 Å². The molecule has 0 bridgehead atoms. The molecule has 4 N–H and O–H groups in total. The molecule has 0 aromatic heterocycles. The maximum Gasteiger partial charge on any atom is 0.413 e. The molecular formula is C24H30N4O4S3. The van der Waals surface area contributed by atoms with Crippen molar-refractivity contribution < 1.29 is 19.1 Å². The van der Waals surface area contributed by atoms with E-state index in [0.717, 1.165) is 35.5 Å². The van der Waals surface area contributed by atoms with E-state index in [2.05, 4.69) is 21.3 Å². The number of benzene rings is 2. The maximum atomic E-state index is 12.0. The van der Waals surface area contributed by atoms with Crippen LogP contribution in [0.15, 0.2) is 58.3 Å². The standard InChI is InChI=1S/C24H30N4O4S3/c1-3-5-14-31-23(29)27-21(33)25-19-13-12-18(35-17-10-8-7-9-11-17)16-20(19)26-22(34)28-24(30)32-15-6-4-2/h7-13,16H,3-6,14-15H2,1-2H3,(H2,25,27,29,33)(H2,26,28,30,34). The number of anilines is 2. The van der Waals surface area contributed by atoms with E-state index in [1.165, 1.54) is 0 Å². The molecule has 0 radical (unpaired) electrons. The van der Waals surface area contributed by atoms with Crippen LogP contribution < -0.4 is 21.3 Å². The second-order valence-corrected chi connectivity index (χ2v) is 9.22. The Morgan fingerprint density at radius 3 is 1.86 bits per heavy atom. The largest absolute Gasteiger partial charge is 0.449 e. The molecular weight excluding hydrogens is 504 g/mol. The molecule has 35 heavy (non-hydrogen) atoms.